The third kappa shape index (κ3) is 4.08. The third-order valence-corrected chi connectivity index (χ3v) is 3.94. The first kappa shape index (κ1) is 18.5. The second kappa shape index (κ2) is 7.93. The number of carbonyl (C=O) groups is 2. The summed E-state index contributed by atoms with van der Waals surface area (Å²) in [6, 6.07) is 17.1. The zero-order valence-corrected chi connectivity index (χ0v) is 14.5. The third-order valence-electron chi connectivity index (χ3n) is 3.94. The molecule has 2 N–H and O–H groups in total. The lowest BCUT2D eigenvalue weighted by molar-refractivity contribution is -0.268. The van der Waals surface area contributed by atoms with Crippen molar-refractivity contribution in [3.63, 3.8) is 0 Å². The van der Waals surface area contributed by atoms with Crippen LogP contribution in [-0.2, 0) is 4.79 Å². The van der Waals surface area contributed by atoms with E-state index in [2.05, 4.69) is 5.32 Å². The predicted octanol–water partition coefficient (Wildman–Crippen LogP) is 2.79. The standard InChI is InChI=1S/C21H15N3O4/c22-13-15(20(26)23-16-5-9-19(25)10-6-16)12-18-2-1-11-24(18)17-7-3-14(4-8-17)21(27)28/h1-12,25H,(H,23,26)(H,27,28)/p-1/b15-12-. The van der Waals surface area contributed by atoms with Gasteiger partial charge in [-0.1, -0.05) is 12.1 Å². The average molecular weight is 372 g/mol. The molecule has 1 amide bonds. The van der Waals surface area contributed by atoms with Crippen LogP contribution < -0.4 is 10.4 Å². The fourth-order valence-corrected chi connectivity index (χ4v) is 2.54. The average Bonchev–Trinajstić information content (AvgIpc) is 3.16. The summed E-state index contributed by atoms with van der Waals surface area (Å²) in [6.45, 7) is 0. The van der Waals surface area contributed by atoms with Crippen LogP contribution in [0.1, 0.15) is 16.1 Å². The van der Waals surface area contributed by atoms with Crippen molar-refractivity contribution in [2.75, 3.05) is 5.32 Å². The summed E-state index contributed by atoms with van der Waals surface area (Å²) in [7, 11) is 0. The Morgan fingerprint density at radius 2 is 1.75 bits per heavy atom. The first-order valence-electron chi connectivity index (χ1n) is 8.19. The molecule has 0 atom stereocenters. The molecule has 0 spiro atoms. The molecule has 0 fully saturated rings. The monoisotopic (exact) mass is 372 g/mol. The van der Waals surface area contributed by atoms with E-state index >= 15 is 0 Å². The fourth-order valence-electron chi connectivity index (χ4n) is 2.54. The van der Waals surface area contributed by atoms with Gasteiger partial charge in [0, 0.05) is 23.3 Å². The number of aromatic nitrogens is 1. The number of carbonyl (C=O) groups excluding carboxylic acids is 1. The quantitative estimate of drug-likeness (QED) is 0.527. The van der Waals surface area contributed by atoms with E-state index in [1.54, 1.807) is 35.0 Å². The molecule has 1 aromatic heterocycles. The molecule has 0 bridgehead atoms. The normalized spacial score (nSPS) is 10.9. The van der Waals surface area contributed by atoms with Crippen molar-refractivity contribution in [2.24, 2.45) is 0 Å². The van der Waals surface area contributed by atoms with Crippen molar-refractivity contribution in [1.82, 2.24) is 4.57 Å². The molecular weight excluding hydrogens is 358 g/mol. The first-order chi connectivity index (χ1) is 13.5. The van der Waals surface area contributed by atoms with Crippen molar-refractivity contribution in [2.45, 2.75) is 0 Å². The van der Waals surface area contributed by atoms with E-state index in [4.69, 9.17) is 5.11 Å². The van der Waals surface area contributed by atoms with Gasteiger partial charge in [-0.25, -0.2) is 4.79 Å². The Bertz CT molecular complexity index is 1090. The maximum absolute atomic E-state index is 12.4. The fraction of sp³-hybridized carbons (Fsp3) is 0. The van der Waals surface area contributed by atoms with Crippen molar-refractivity contribution >= 4 is 23.6 Å². The van der Waals surface area contributed by atoms with Crippen LogP contribution in [0.4, 0.5) is 5.69 Å². The van der Waals surface area contributed by atoms with Gasteiger partial charge >= 0.3 is 5.97 Å². The molecule has 0 radical (unpaired) electrons. The van der Waals surface area contributed by atoms with Gasteiger partial charge in [0.05, 0.1) is 5.56 Å². The Hall–Kier alpha value is -4.31. The van der Waals surface area contributed by atoms with Crippen LogP contribution >= 0.6 is 0 Å². The highest BCUT2D eigenvalue weighted by molar-refractivity contribution is 6.09. The minimum Gasteiger partial charge on any atom is -0.872 e. The highest BCUT2D eigenvalue weighted by Gasteiger charge is 2.11. The summed E-state index contributed by atoms with van der Waals surface area (Å²) in [5.74, 6) is -1.80. The molecule has 7 nitrogen and oxygen atoms in total. The lowest BCUT2D eigenvalue weighted by atomic mass is 10.2. The number of anilines is 1. The second-order valence-electron chi connectivity index (χ2n) is 5.80. The largest absolute Gasteiger partial charge is 0.872 e. The van der Waals surface area contributed by atoms with Gasteiger partial charge in [-0.3, -0.25) is 4.79 Å². The Kier molecular flexibility index (Phi) is 5.23. The Morgan fingerprint density at radius 1 is 1.07 bits per heavy atom. The van der Waals surface area contributed by atoms with Crippen LogP contribution in [0.15, 0.2) is 72.4 Å². The van der Waals surface area contributed by atoms with Crippen molar-refractivity contribution in [3.8, 4) is 17.5 Å². The maximum Gasteiger partial charge on any atom is 0.335 e. The Morgan fingerprint density at radius 3 is 2.36 bits per heavy atom. The van der Waals surface area contributed by atoms with Crippen LogP contribution in [0.25, 0.3) is 11.8 Å². The highest BCUT2D eigenvalue weighted by atomic mass is 16.4. The molecule has 1 heterocycles. The van der Waals surface area contributed by atoms with Crippen LogP contribution in [0.3, 0.4) is 0 Å². The summed E-state index contributed by atoms with van der Waals surface area (Å²) in [6.07, 6.45) is 3.17. The number of nitriles is 1. The summed E-state index contributed by atoms with van der Waals surface area (Å²) in [5, 5.41) is 32.1. The van der Waals surface area contributed by atoms with Crippen LogP contribution in [0, 0.1) is 11.3 Å². The smallest absolute Gasteiger partial charge is 0.335 e. The topological polar surface area (TPSA) is 118 Å². The lowest BCUT2D eigenvalue weighted by Gasteiger charge is -2.09. The van der Waals surface area contributed by atoms with Gasteiger partial charge in [-0.05, 0) is 54.6 Å². The molecule has 0 unspecified atom stereocenters. The van der Waals surface area contributed by atoms with Gasteiger partial charge in [0.2, 0.25) is 0 Å². The first-order valence-corrected chi connectivity index (χ1v) is 8.19. The number of nitrogens with zero attached hydrogens (tertiary/aromatic N) is 2. The number of rotatable bonds is 5. The number of benzene rings is 2. The predicted molar refractivity (Wildman–Crippen MR) is 101 cm³/mol. The van der Waals surface area contributed by atoms with Crippen molar-refractivity contribution in [1.29, 1.82) is 5.26 Å². The number of nitrogens with one attached hydrogen (secondary N) is 1. The highest BCUT2D eigenvalue weighted by Crippen LogP contribution is 2.18. The van der Waals surface area contributed by atoms with Crippen molar-refractivity contribution in [3.05, 3.63) is 83.7 Å². The molecule has 0 saturated carbocycles. The summed E-state index contributed by atoms with van der Waals surface area (Å²) in [5.41, 5.74) is 1.71. The Labute approximate surface area is 160 Å². The number of amides is 1. The molecule has 0 aliphatic heterocycles. The van der Waals surface area contributed by atoms with E-state index in [0.29, 0.717) is 17.1 Å². The van der Waals surface area contributed by atoms with Crippen LogP contribution in [0.5, 0.6) is 5.75 Å². The molecule has 3 aromatic rings. The SMILES string of the molecule is N#C/C(=C/c1cccn1-c1ccc(C(=O)O)cc1)C(=O)Nc1ccc([O-])cc1. The van der Waals surface area contributed by atoms with Gasteiger partial charge in [0.1, 0.15) is 11.6 Å². The van der Waals surface area contributed by atoms with Gasteiger partial charge in [-0.2, -0.15) is 5.26 Å². The zero-order valence-electron chi connectivity index (χ0n) is 14.5. The van der Waals surface area contributed by atoms with E-state index in [1.807, 2.05) is 6.07 Å². The van der Waals surface area contributed by atoms with Gasteiger partial charge < -0.3 is 20.1 Å². The number of carboxylic acid groups (broad SMARTS) is 1. The number of aromatic carboxylic acids is 1. The molecule has 0 saturated heterocycles. The van der Waals surface area contributed by atoms with E-state index in [-0.39, 0.29) is 16.9 Å². The van der Waals surface area contributed by atoms with Crippen LogP contribution in [-0.4, -0.2) is 21.6 Å². The molecular formula is C21H14N3O4-. The second-order valence-corrected chi connectivity index (χ2v) is 5.80. The van der Waals surface area contributed by atoms with E-state index in [9.17, 15) is 20.0 Å². The van der Waals surface area contributed by atoms with E-state index < -0.39 is 11.9 Å². The van der Waals surface area contributed by atoms with E-state index in [1.165, 1.54) is 42.5 Å². The minimum atomic E-state index is -1.02. The zero-order chi connectivity index (χ0) is 20.1. The summed E-state index contributed by atoms with van der Waals surface area (Å²) < 4.78 is 1.72. The number of hydrogen-bond donors (Lipinski definition) is 2. The number of carboxylic acids is 1. The van der Waals surface area contributed by atoms with Gasteiger partial charge in [0.25, 0.3) is 5.91 Å². The van der Waals surface area contributed by atoms with Gasteiger partial charge in [0.15, 0.2) is 0 Å². The number of hydrogen-bond acceptors (Lipinski definition) is 4. The molecule has 0 aliphatic carbocycles. The minimum absolute atomic E-state index is 0.117. The molecule has 28 heavy (non-hydrogen) atoms. The molecule has 2 aromatic carbocycles. The maximum atomic E-state index is 12.4. The van der Waals surface area contributed by atoms with E-state index in [0.717, 1.165) is 0 Å². The molecule has 138 valence electrons. The lowest BCUT2D eigenvalue weighted by Crippen LogP contribution is -2.13. The van der Waals surface area contributed by atoms with Gasteiger partial charge in [-0.15, -0.1) is 5.75 Å². The molecule has 0 aliphatic rings. The van der Waals surface area contributed by atoms with Crippen molar-refractivity contribution < 1.29 is 19.8 Å². The molecule has 7 heteroatoms. The van der Waals surface area contributed by atoms with Crippen LogP contribution in [0.2, 0.25) is 0 Å². The Balaban J connectivity index is 1.86. The summed E-state index contributed by atoms with van der Waals surface area (Å²) in [4.78, 5) is 23.3. The molecule has 3 rings (SSSR count). The summed E-state index contributed by atoms with van der Waals surface area (Å²) >= 11 is 0.